The summed E-state index contributed by atoms with van der Waals surface area (Å²) in [5.74, 6) is 0. The minimum Gasteiger partial charge on any atom is -0.392 e. The van der Waals surface area contributed by atoms with Crippen LogP contribution in [0.2, 0.25) is 0 Å². The van der Waals surface area contributed by atoms with Gasteiger partial charge in [0.25, 0.3) is 0 Å². The highest BCUT2D eigenvalue weighted by atomic mass is 16.3. The predicted molar refractivity (Wildman–Crippen MR) is 40.6 cm³/mol. The number of rotatable bonds is 5. The molecular weight excluding hydrogens is 146 g/mol. The average Bonchev–Trinajstić information content (AvgIpc) is 1.84. The molecule has 4 heteroatoms. The maximum absolute atomic E-state index is 10.2. The normalized spacial score (nSPS) is 15.6. The van der Waals surface area contributed by atoms with Crippen molar-refractivity contribution in [3.8, 4) is 0 Å². The fourth-order valence-electron chi connectivity index (χ4n) is 0.787. The van der Waals surface area contributed by atoms with E-state index in [4.69, 9.17) is 10.2 Å². The van der Waals surface area contributed by atoms with E-state index < -0.39 is 12.2 Å². The Morgan fingerprint density at radius 1 is 1.27 bits per heavy atom. The van der Waals surface area contributed by atoms with E-state index in [1.807, 2.05) is 0 Å². The van der Waals surface area contributed by atoms with Gasteiger partial charge in [0.05, 0.1) is 12.2 Å². The van der Waals surface area contributed by atoms with E-state index in [1.54, 1.807) is 20.3 Å². The maximum atomic E-state index is 10.2. The predicted octanol–water partition coefficient (Wildman–Crippen LogP) is -0.883. The van der Waals surface area contributed by atoms with Crippen LogP contribution in [0, 0.1) is 0 Å². The summed E-state index contributed by atoms with van der Waals surface area (Å²) in [6.45, 7) is 3.58. The lowest BCUT2D eigenvalue weighted by atomic mass is 10.3. The molecule has 0 heterocycles. The van der Waals surface area contributed by atoms with E-state index in [1.165, 1.54) is 4.90 Å². The fourth-order valence-corrected chi connectivity index (χ4v) is 0.787. The molecule has 0 aromatic heterocycles. The van der Waals surface area contributed by atoms with Crippen molar-refractivity contribution < 1.29 is 15.0 Å². The monoisotopic (exact) mass is 160 g/mol. The van der Waals surface area contributed by atoms with Gasteiger partial charge in [-0.3, -0.25) is 4.79 Å². The van der Waals surface area contributed by atoms with Gasteiger partial charge in [0.15, 0.2) is 0 Å². The van der Waals surface area contributed by atoms with E-state index >= 15 is 0 Å². The third-order valence-corrected chi connectivity index (χ3v) is 1.10. The summed E-state index contributed by atoms with van der Waals surface area (Å²) in [6.07, 6.45) is 0.480. The molecule has 2 unspecified atom stereocenters. The van der Waals surface area contributed by atoms with Gasteiger partial charge in [0.1, 0.15) is 0 Å². The molecule has 0 aromatic rings. The van der Waals surface area contributed by atoms with Crippen LogP contribution in [0.25, 0.3) is 0 Å². The standard InChI is InChI=1S/C7H14NO3/c1-6(10)3-8(5-9)4-7(2)11/h6-7,10-11H,3-4H2,1-2H3. The molecule has 0 aliphatic heterocycles. The van der Waals surface area contributed by atoms with Crippen LogP contribution >= 0.6 is 0 Å². The van der Waals surface area contributed by atoms with Gasteiger partial charge in [-0.15, -0.1) is 0 Å². The molecule has 1 amide bonds. The lowest BCUT2D eigenvalue weighted by Gasteiger charge is -2.18. The minimum atomic E-state index is -0.574. The Kier molecular flexibility index (Phi) is 4.81. The summed E-state index contributed by atoms with van der Waals surface area (Å²) in [7, 11) is 0. The second-order valence-corrected chi connectivity index (χ2v) is 2.69. The first-order valence-corrected chi connectivity index (χ1v) is 3.55. The molecule has 2 atom stereocenters. The van der Waals surface area contributed by atoms with Crippen LogP contribution in [0.3, 0.4) is 0 Å². The largest absolute Gasteiger partial charge is 0.392 e. The molecular formula is C7H14NO3. The summed E-state index contributed by atoms with van der Waals surface area (Å²) in [4.78, 5) is 11.4. The van der Waals surface area contributed by atoms with Gasteiger partial charge in [0.2, 0.25) is 0 Å². The van der Waals surface area contributed by atoms with Gasteiger partial charge in [-0.05, 0) is 13.8 Å². The molecule has 0 spiro atoms. The zero-order chi connectivity index (χ0) is 8.85. The molecule has 11 heavy (non-hydrogen) atoms. The van der Waals surface area contributed by atoms with E-state index in [2.05, 4.69) is 0 Å². The van der Waals surface area contributed by atoms with E-state index in [9.17, 15) is 4.79 Å². The Hall–Kier alpha value is -0.610. The molecule has 2 N–H and O–H groups in total. The first kappa shape index (κ1) is 10.4. The van der Waals surface area contributed by atoms with Crippen molar-refractivity contribution in [2.24, 2.45) is 0 Å². The van der Waals surface area contributed by atoms with Crippen LogP contribution in [-0.4, -0.2) is 46.8 Å². The number of amides is 1. The zero-order valence-electron chi connectivity index (χ0n) is 6.82. The van der Waals surface area contributed by atoms with E-state index in [0.29, 0.717) is 0 Å². The van der Waals surface area contributed by atoms with Crippen LogP contribution in [-0.2, 0) is 4.79 Å². The average molecular weight is 160 g/mol. The van der Waals surface area contributed by atoms with Crippen molar-refractivity contribution in [2.75, 3.05) is 13.1 Å². The summed E-state index contributed by atoms with van der Waals surface area (Å²) in [5, 5.41) is 17.7. The van der Waals surface area contributed by atoms with Crippen molar-refractivity contribution in [3.05, 3.63) is 0 Å². The molecule has 0 bridgehead atoms. The Morgan fingerprint density at radius 3 is 1.82 bits per heavy atom. The van der Waals surface area contributed by atoms with Crippen molar-refractivity contribution in [2.45, 2.75) is 26.1 Å². The van der Waals surface area contributed by atoms with Crippen molar-refractivity contribution in [1.29, 1.82) is 0 Å². The lowest BCUT2D eigenvalue weighted by Crippen LogP contribution is -2.35. The highest BCUT2D eigenvalue weighted by molar-refractivity contribution is 5.48. The number of nitrogens with zero attached hydrogens (tertiary/aromatic N) is 1. The number of carbonyl (C=O) groups excluding carboxylic acids is 1. The summed E-state index contributed by atoms with van der Waals surface area (Å²) >= 11 is 0. The molecule has 0 saturated carbocycles. The van der Waals surface area contributed by atoms with Gasteiger partial charge in [-0.2, -0.15) is 0 Å². The molecule has 1 radical (unpaired) electrons. The first-order chi connectivity index (χ1) is 5.06. The molecule has 0 saturated heterocycles. The van der Waals surface area contributed by atoms with Gasteiger partial charge < -0.3 is 15.1 Å². The second-order valence-electron chi connectivity index (χ2n) is 2.69. The van der Waals surface area contributed by atoms with Crippen LogP contribution < -0.4 is 0 Å². The van der Waals surface area contributed by atoms with Crippen LogP contribution in [0.5, 0.6) is 0 Å². The third-order valence-electron chi connectivity index (χ3n) is 1.10. The number of hydrogen-bond donors (Lipinski definition) is 2. The molecule has 65 valence electrons. The molecule has 0 rings (SSSR count). The van der Waals surface area contributed by atoms with E-state index in [0.717, 1.165) is 0 Å². The van der Waals surface area contributed by atoms with Gasteiger partial charge in [-0.25, -0.2) is 0 Å². The topological polar surface area (TPSA) is 60.8 Å². The van der Waals surface area contributed by atoms with Crippen LogP contribution in [0.1, 0.15) is 13.8 Å². The SMILES string of the molecule is CC(O)CN([C]=O)CC(C)O. The van der Waals surface area contributed by atoms with Crippen molar-refractivity contribution in [3.63, 3.8) is 0 Å². The Balaban J connectivity index is 3.67. The third kappa shape index (κ3) is 5.82. The van der Waals surface area contributed by atoms with Gasteiger partial charge in [0, 0.05) is 13.1 Å². The number of hydrogen-bond acceptors (Lipinski definition) is 3. The highest BCUT2D eigenvalue weighted by Gasteiger charge is 2.08. The van der Waals surface area contributed by atoms with Gasteiger partial charge in [-0.1, -0.05) is 0 Å². The number of aliphatic hydroxyl groups is 2. The Morgan fingerprint density at radius 2 is 1.64 bits per heavy atom. The van der Waals surface area contributed by atoms with Crippen molar-refractivity contribution in [1.82, 2.24) is 4.90 Å². The fraction of sp³-hybridized carbons (Fsp3) is 0.857. The molecule has 0 aliphatic rings. The lowest BCUT2D eigenvalue weighted by molar-refractivity contribution is 0.118. The number of aliphatic hydroxyl groups excluding tert-OH is 2. The van der Waals surface area contributed by atoms with E-state index in [-0.39, 0.29) is 13.1 Å². The molecule has 0 aromatic carbocycles. The minimum absolute atomic E-state index is 0.217. The smallest absolute Gasteiger partial charge is 0.312 e. The first-order valence-electron chi connectivity index (χ1n) is 3.55. The summed E-state index contributed by atoms with van der Waals surface area (Å²) in [6, 6.07) is 0. The molecule has 0 fully saturated rings. The zero-order valence-corrected chi connectivity index (χ0v) is 6.82. The van der Waals surface area contributed by atoms with Crippen molar-refractivity contribution >= 4 is 6.41 Å². The molecule has 4 nitrogen and oxygen atoms in total. The quantitative estimate of drug-likeness (QED) is 0.513. The summed E-state index contributed by atoms with van der Waals surface area (Å²) in [5.41, 5.74) is 0. The maximum Gasteiger partial charge on any atom is 0.312 e. The summed E-state index contributed by atoms with van der Waals surface area (Å²) < 4.78 is 0. The Labute approximate surface area is 66.4 Å². The second kappa shape index (κ2) is 5.09. The Bertz CT molecular complexity index is 104. The highest BCUT2D eigenvalue weighted by Crippen LogP contribution is 1.91. The molecule has 0 aliphatic carbocycles. The van der Waals surface area contributed by atoms with Crippen LogP contribution in [0.15, 0.2) is 0 Å². The van der Waals surface area contributed by atoms with Gasteiger partial charge >= 0.3 is 6.41 Å². The van der Waals surface area contributed by atoms with Crippen LogP contribution in [0.4, 0.5) is 0 Å².